The van der Waals surface area contributed by atoms with E-state index in [1.165, 1.54) is 24.8 Å². The van der Waals surface area contributed by atoms with Crippen LogP contribution in [0.25, 0.3) is 6.08 Å². The molecule has 100 valence electrons. The summed E-state index contributed by atoms with van der Waals surface area (Å²) in [6, 6.07) is 11.1. The summed E-state index contributed by atoms with van der Waals surface area (Å²) in [5, 5.41) is 3.54. The molecular weight excluding hydrogens is 218 g/mol. The van der Waals surface area contributed by atoms with Crippen molar-refractivity contribution >= 4 is 6.08 Å². The van der Waals surface area contributed by atoms with Crippen LogP contribution in [0.1, 0.15) is 45.6 Å². The van der Waals surface area contributed by atoms with E-state index in [-0.39, 0.29) is 0 Å². The largest absolute Gasteiger partial charge is 0.311 e. The molecule has 1 nitrogen and oxygen atoms in total. The van der Waals surface area contributed by atoms with Gasteiger partial charge in [-0.3, -0.25) is 0 Å². The molecule has 0 spiro atoms. The molecule has 1 unspecified atom stereocenters. The van der Waals surface area contributed by atoms with E-state index in [0.29, 0.717) is 6.04 Å². The molecule has 0 fully saturated rings. The molecule has 0 aliphatic heterocycles. The summed E-state index contributed by atoms with van der Waals surface area (Å²) in [7, 11) is 0. The van der Waals surface area contributed by atoms with E-state index in [1.807, 2.05) is 6.07 Å². The molecule has 0 aromatic heterocycles. The molecule has 0 amide bonds. The van der Waals surface area contributed by atoms with Gasteiger partial charge in [0.1, 0.15) is 0 Å². The van der Waals surface area contributed by atoms with Crippen LogP contribution in [0.5, 0.6) is 0 Å². The van der Waals surface area contributed by atoms with Crippen molar-refractivity contribution in [3.8, 4) is 0 Å². The van der Waals surface area contributed by atoms with Crippen molar-refractivity contribution in [3.05, 3.63) is 42.0 Å². The smallest absolute Gasteiger partial charge is 0.0140 e. The Morgan fingerprint density at radius 1 is 1.06 bits per heavy atom. The van der Waals surface area contributed by atoms with Crippen LogP contribution in [0.4, 0.5) is 0 Å². The van der Waals surface area contributed by atoms with E-state index >= 15 is 0 Å². The average molecular weight is 245 g/mol. The van der Waals surface area contributed by atoms with Gasteiger partial charge in [0.25, 0.3) is 0 Å². The van der Waals surface area contributed by atoms with Crippen molar-refractivity contribution in [1.82, 2.24) is 5.32 Å². The fourth-order valence-electron chi connectivity index (χ4n) is 1.96. The zero-order chi connectivity index (χ0) is 13.2. The van der Waals surface area contributed by atoms with Gasteiger partial charge in [-0.05, 0) is 24.8 Å². The molecule has 18 heavy (non-hydrogen) atoms. The first-order valence-electron chi connectivity index (χ1n) is 7.13. The maximum Gasteiger partial charge on any atom is 0.0140 e. The standard InChI is InChI=1S/C17H27N/c1-15(2)9-7-10-16(3)18-14-8-13-17-11-5-4-6-12-17/h4-6,8,11-13,15-16,18H,7,9-10,14H2,1-3H3. The highest BCUT2D eigenvalue weighted by Crippen LogP contribution is 2.08. The van der Waals surface area contributed by atoms with Gasteiger partial charge in [0.2, 0.25) is 0 Å². The van der Waals surface area contributed by atoms with Crippen LogP contribution in [0.2, 0.25) is 0 Å². The van der Waals surface area contributed by atoms with Crippen LogP contribution in [-0.4, -0.2) is 12.6 Å². The molecule has 0 bridgehead atoms. The lowest BCUT2D eigenvalue weighted by atomic mass is 10.0. The molecule has 1 aromatic carbocycles. The Labute approximate surface area is 112 Å². The molecule has 1 atom stereocenters. The molecule has 0 heterocycles. The van der Waals surface area contributed by atoms with Gasteiger partial charge in [-0.1, -0.05) is 69.2 Å². The predicted molar refractivity (Wildman–Crippen MR) is 81.6 cm³/mol. The van der Waals surface area contributed by atoms with E-state index in [0.717, 1.165) is 12.5 Å². The number of hydrogen-bond acceptors (Lipinski definition) is 1. The number of benzene rings is 1. The first-order chi connectivity index (χ1) is 8.68. The Morgan fingerprint density at radius 3 is 2.44 bits per heavy atom. The van der Waals surface area contributed by atoms with Crippen molar-refractivity contribution < 1.29 is 0 Å². The minimum Gasteiger partial charge on any atom is -0.311 e. The zero-order valence-corrected chi connectivity index (χ0v) is 12.0. The van der Waals surface area contributed by atoms with Crippen molar-refractivity contribution in [2.24, 2.45) is 5.92 Å². The maximum atomic E-state index is 3.54. The van der Waals surface area contributed by atoms with E-state index in [2.05, 4.69) is 62.5 Å². The average Bonchev–Trinajstić information content (AvgIpc) is 2.35. The molecule has 1 heteroatoms. The molecule has 1 rings (SSSR count). The molecule has 0 aliphatic carbocycles. The Balaban J connectivity index is 2.12. The summed E-state index contributed by atoms with van der Waals surface area (Å²) in [6.07, 6.45) is 8.32. The van der Waals surface area contributed by atoms with E-state index in [9.17, 15) is 0 Å². The van der Waals surface area contributed by atoms with Crippen molar-refractivity contribution in [3.63, 3.8) is 0 Å². The number of rotatable bonds is 8. The quantitative estimate of drug-likeness (QED) is 0.711. The van der Waals surface area contributed by atoms with Gasteiger partial charge in [0.05, 0.1) is 0 Å². The fourth-order valence-corrected chi connectivity index (χ4v) is 1.96. The number of nitrogens with one attached hydrogen (secondary N) is 1. The third-order valence-electron chi connectivity index (χ3n) is 3.11. The third-order valence-corrected chi connectivity index (χ3v) is 3.11. The van der Waals surface area contributed by atoms with Gasteiger partial charge in [-0.15, -0.1) is 0 Å². The summed E-state index contributed by atoms with van der Waals surface area (Å²) in [4.78, 5) is 0. The highest BCUT2D eigenvalue weighted by Gasteiger charge is 2.00. The van der Waals surface area contributed by atoms with E-state index < -0.39 is 0 Å². The van der Waals surface area contributed by atoms with Crippen LogP contribution in [0.3, 0.4) is 0 Å². The summed E-state index contributed by atoms with van der Waals surface area (Å²) in [5.74, 6) is 0.829. The van der Waals surface area contributed by atoms with Gasteiger partial charge in [-0.25, -0.2) is 0 Å². The molecule has 1 N–H and O–H groups in total. The topological polar surface area (TPSA) is 12.0 Å². The van der Waals surface area contributed by atoms with Gasteiger partial charge in [0, 0.05) is 12.6 Å². The lowest BCUT2D eigenvalue weighted by Gasteiger charge is -2.12. The third kappa shape index (κ3) is 7.29. The minimum absolute atomic E-state index is 0.615. The van der Waals surface area contributed by atoms with Gasteiger partial charge >= 0.3 is 0 Å². The molecular formula is C17H27N. The Kier molecular flexibility index (Phi) is 7.43. The van der Waals surface area contributed by atoms with Crippen LogP contribution in [0.15, 0.2) is 36.4 Å². The first-order valence-corrected chi connectivity index (χ1v) is 7.13. The molecule has 0 saturated heterocycles. The maximum absolute atomic E-state index is 3.54. The number of hydrogen-bond donors (Lipinski definition) is 1. The van der Waals surface area contributed by atoms with Crippen LogP contribution in [0, 0.1) is 5.92 Å². The second-order valence-corrected chi connectivity index (χ2v) is 5.45. The monoisotopic (exact) mass is 245 g/mol. The first kappa shape index (κ1) is 15.0. The van der Waals surface area contributed by atoms with E-state index in [4.69, 9.17) is 0 Å². The van der Waals surface area contributed by atoms with Crippen molar-refractivity contribution in [2.45, 2.75) is 46.1 Å². The Bertz CT molecular complexity index is 327. The summed E-state index contributed by atoms with van der Waals surface area (Å²) < 4.78 is 0. The Morgan fingerprint density at radius 2 is 1.78 bits per heavy atom. The summed E-state index contributed by atoms with van der Waals surface area (Å²) >= 11 is 0. The zero-order valence-electron chi connectivity index (χ0n) is 12.0. The van der Waals surface area contributed by atoms with Gasteiger partial charge in [0.15, 0.2) is 0 Å². The second kappa shape index (κ2) is 8.93. The fraction of sp³-hybridized carbons (Fsp3) is 0.529. The van der Waals surface area contributed by atoms with Crippen LogP contribution < -0.4 is 5.32 Å². The normalized spacial score (nSPS) is 13.3. The summed E-state index contributed by atoms with van der Waals surface area (Å²) in [6.45, 7) is 7.82. The summed E-state index contributed by atoms with van der Waals surface area (Å²) in [5.41, 5.74) is 1.27. The second-order valence-electron chi connectivity index (χ2n) is 5.45. The van der Waals surface area contributed by atoms with Crippen molar-refractivity contribution in [1.29, 1.82) is 0 Å². The molecule has 0 saturated carbocycles. The van der Waals surface area contributed by atoms with Gasteiger partial charge in [-0.2, -0.15) is 0 Å². The lowest BCUT2D eigenvalue weighted by molar-refractivity contribution is 0.471. The molecule has 0 aliphatic rings. The highest BCUT2D eigenvalue weighted by molar-refractivity contribution is 5.48. The van der Waals surface area contributed by atoms with Crippen LogP contribution >= 0.6 is 0 Å². The Hall–Kier alpha value is -1.08. The van der Waals surface area contributed by atoms with Crippen molar-refractivity contribution in [2.75, 3.05) is 6.54 Å². The molecule has 0 radical (unpaired) electrons. The lowest BCUT2D eigenvalue weighted by Crippen LogP contribution is -2.25. The van der Waals surface area contributed by atoms with Gasteiger partial charge < -0.3 is 5.32 Å². The van der Waals surface area contributed by atoms with E-state index in [1.54, 1.807) is 0 Å². The van der Waals surface area contributed by atoms with Crippen LogP contribution in [-0.2, 0) is 0 Å². The SMILES string of the molecule is CC(C)CCCC(C)NCC=Cc1ccccc1. The molecule has 1 aromatic rings. The predicted octanol–water partition coefficient (Wildman–Crippen LogP) is 4.50. The highest BCUT2D eigenvalue weighted by atomic mass is 14.9. The minimum atomic E-state index is 0.615.